The van der Waals surface area contributed by atoms with Crippen LogP contribution in [0.5, 0.6) is 0 Å². The van der Waals surface area contributed by atoms with Crippen LogP contribution < -0.4 is 17.0 Å². The van der Waals surface area contributed by atoms with Gasteiger partial charge in [0.25, 0.3) is 4.88 Å². The van der Waals surface area contributed by atoms with Crippen LogP contribution in [0.3, 0.4) is 0 Å². The first-order valence-electron chi connectivity index (χ1n) is 6.30. The van der Waals surface area contributed by atoms with Gasteiger partial charge in [0.1, 0.15) is 0 Å². The second-order valence-electron chi connectivity index (χ2n) is 4.66. The number of aromatic nitrogens is 1. The number of hydrogen-bond donors (Lipinski definition) is 0. The number of pyridine rings is 1. The molecule has 0 atom stereocenters. The van der Waals surface area contributed by atoms with E-state index < -0.39 is 0 Å². The van der Waals surface area contributed by atoms with Crippen LogP contribution >= 0.6 is 22.9 Å². The molecule has 0 N–H and O–H groups in total. The van der Waals surface area contributed by atoms with E-state index in [9.17, 15) is 4.79 Å². The Morgan fingerprint density at radius 2 is 1.90 bits per heavy atom. The number of nitrogens with zero attached hydrogens (tertiary/aromatic N) is 1. The van der Waals surface area contributed by atoms with Gasteiger partial charge in [0.2, 0.25) is 11.3 Å². The molecule has 0 fully saturated rings. The smallest absolute Gasteiger partial charge is 0.257 e. The molecule has 3 rings (SSSR count). The maximum atomic E-state index is 12.3. The molecule has 2 aliphatic rings. The van der Waals surface area contributed by atoms with Crippen LogP contribution in [0.4, 0.5) is 0 Å². The minimum atomic E-state index is 0. The van der Waals surface area contributed by atoms with Crippen molar-refractivity contribution in [2.75, 3.05) is 0 Å². The molecule has 1 aromatic carbocycles. The van der Waals surface area contributed by atoms with Crippen molar-refractivity contribution >= 4 is 28.7 Å². The predicted octanol–water partition coefficient (Wildman–Crippen LogP) is 1.78. The summed E-state index contributed by atoms with van der Waals surface area (Å²) >= 11 is 7.54. The molecule has 2 heterocycles. The van der Waals surface area contributed by atoms with E-state index in [4.69, 9.17) is 11.6 Å². The van der Waals surface area contributed by atoms with Gasteiger partial charge in [-0.2, -0.15) is 0 Å². The number of carbonyl (C=O) groups is 1. The second kappa shape index (κ2) is 6.69. The monoisotopic (exact) mass is 381 g/mol. The van der Waals surface area contributed by atoms with E-state index in [1.165, 1.54) is 10.4 Å². The van der Waals surface area contributed by atoms with E-state index in [1.807, 2.05) is 23.8 Å². The number of halogens is 2. The predicted molar refractivity (Wildman–Crippen MR) is 83.9 cm³/mol. The van der Waals surface area contributed by atoms with E-state index >= 15 is 0 Å². The van der Waals surface area contributed by atoms with Crippen molar-refractivity contribution in [1.29, 1.82) is 0 Å². The number of fused-ring (bicyclic) bond motifs is 1. The first kappa shape index (κ1) is 16.1. The van der Waals surface area contributed by atoms with Crippen LogP contribution in [0.15, 0.2) is 48.0 Å². The third kappa shape index (κ3) is 3.34. The molecule has 0 aliphatic carbocycles. The number of ketones is 1. The van der Waals surface area contributed by atoms with Gasteiger partial charge in [-0.05, 0) is 37.3 Å². The molecular weight excluding hydrogens is 370 g/mol. The van der Waals surface area contributed by atoms with E-state index in [0.717, 1.165) is 5.69 Å². The number of benzene rings is 1. The normalized spacial score (nSPS) is 10.4. The van der Waals surface area contributed by atoms with Gasteiger partial charge in [0, 0.05) is 28.4 Å². The Hall–Kier alpha value is -1.23. The van der Waals surface area contributed by atoms with Crippen LogP contribution in [0.25, 0.3) is 10.4 Å². The van der Waals surface area contributed by atoms with Gasteiger partial charge in [0.15, 0.2) is 11.2 Å². The van der Waals surface area contributed by atoms with Crippen LogP contribution in [-0.2, 0) is 6.54 Å². The Balaban J connectivity index is 0.00000161. The van der Waals surface area contributed by atoms with Gasteiger partial charge < -0.3 is 21.5 Å². The SMILES string of the molecule is Cc1c2[s+]ccc-2ccn1CC(=O)c1ccc(Cl)cc1.[Br-]. The second-order valence-corrected chi connectivity index (χ2v) is 6.02. The fourth-order valence-corrected chi connectivity index (χ4v) is 3.25. The topological polar surface area (TPSA) is 22.0 Å². The molecule has 0 spiro atoms. The first-order chi connectivity index (χ1) is 9.65. The lowest BCUT2D eigenvalue weighted by atomic mass is 10.1. The molecule has 21 heavy (non-hydrogen) atoms. The molecule has 5 heteroatoms. The van der Waals surface area contributed by atoms with E-state index in [2.05, 4.69) is 11.4 Å². The molecule has 0 bridgehead atoms. The zero-order chi connectivity index (χ0) is 14.1. The number of Topliss-reactive ketones (excluding diaryl/α,β-unsaturated/α-hetero) is 1. The number of rotatable bonds is 3. The van der Waals surface area contributed by atoms with Crippen LogP contribution in [0.1, 0.15) is 16.1 Å². The molecule has 0 saturated carbocycles. The van der Waals surface area contributed by atoms with Gasteiger partial charge >= 0.3 is 0 Å². The summed E-state index contributed by atoms with van der Waals surface area (Å²) in [5.74, 6) is 0.0886. The highest BCUT2D eigenvalue weighted by molar-refractivity contribution is 7.14. The molecule has 0 saturated heterocycles. The molecular formula is C16H13BrClNOS. The van der Waals surface area contributed by atoms with Gasteiger partial charge in [-0.25, -0.2) is 0 Å². The molecule has 1 aromatic rings. The van der Waals surface area contributed by atoms with E-state index in [1.54, 1.807) is 35.6 Å². The third-order valence-electron chi connectivity index (χ3n) is 3.37. The molecule has 0 aromatic heterocycles. The van der Waals surface area contributed by atoms with Crippen molar-refractivity contribution in [3.05, 3.63) is 64.3 Å². The third-order valence-corrected chi connectivity index (χ3v) is 4.66. The summed E-state index contributed by atoms with van der Waals surface area (Å²) in [6.45, 7) is 2.40. The van der Waals surface area contributed by atoms with Crippen molar-refractivity contribution in [3.8, 4) is 10.4 Å². The maximum absolute atomic E-state index is 12.3. The highest BCUT2D eigenvalue weighted by Crippen LogP contribution is 2.30. The lowest BCUT2D eigenvalue weighted by Gasteiger charge is -2.10. The van der Waals surface area contributed by atoms with Crippen LogP contribution in [-0.4, -0.2) is 10.4 Å². The number of carbonyl (C=O) groups excluding carboxylic acids is 1. The average molecular weight is 383 g/mol. The highest BCUT2D eigenvalue weighted by atomic mass is 79.9. The standard InChI is InChI=1S/C16H13ClNOS.BrH/c1-11-16-13(7-9-20-16)6-8-18(11)10-15(19)12-2-4-14(17)5-3-12;/h2-9H,10H2,1H3;1H/q+1;/p-1. The van der Waals surface area contributed by atoms with Crippen molar-refractivity contribution < 1.29 is 21.8 Å². The van der Waals surface area contributed by atoms with Crippen molar-refractivity contribution in [1.82, 2.24) is 4.57 Å². The Bertz CT molecular complexity index is 739. The largest absolute Gasteiger partial charge is 1.00 e. The minimum Gasteiger partial charge on any atom is -1.00 e. The Labute approximate surface area is 143 Å². The number of hydrogen-bond acceptors (Lipinski definition) is 1. The van der Waals surface area contributed by atoms with Gasteiger partial charge in [0.05, 0.1) is 12.2 Å². The summed E-state index contributed by atoms with van der Waals surface area (Å²) < 4.78 is 2.00. The average Bonchev–Trinajstić information content (AvgIpc) is 2.92. The van der Waals surface area contributed by atoms with Crippen molar-refractivity contribution in [2.45, 2.75) is 13.5 Å². The zero-order valence-corrected chi connectivity index (χ0v) is 14.5. The summed E-state index contributed by atoms with van der Waals surface area (Å²) in [6, 6.07) is 11.2. The molecule has 2 aliphatic heterocycles. The van der Waals surface area contributed by atoms with Crippen LogP contribution in [0, 0.1) is 6.92 Å². The minimum absolute atomic E-state index is 0. The van der Waals surface area contributed by atoms with E-state index in [-0.39, 0.29) is 22.8 Å². The lowest BCUT2D eigenvalue weighted by molar-refractivity contribution is -0.0000118. The fourth-order valence-electron chi connectivity index (χ4n) is 2.21. The molecule has 108 valence electrons. The molecule has 0 unspecified atom stereocenters. The van der Waals surface area contributed by atoms with Crippen LogP contribution in [0.2, 0.25) is 5.02 Å². The summed E-state index contributed by atoms with van der Waals surface area (Å²) in [7, 11) is 0. The summed E-state index contributed by atoms with van der Waals surface area (Å²) in [5, 5.41) is 2.72. The van der Waals surface area contributed by atoms with Crippen molar-refractivity contribution in [3.63, 3.8) is 0 Å². The number of thiophene rings is 1. The van der Waals surface area contributed by atoms with Gasteiger partial charge in [-0.3, -0.25) is 4.79 Å². The molecule has 0 radical (unpaired) electrons. The molecule has 0 amide bonds. The van der Waals surface area contributed by atoms with Gasteiger partial charge in [-0.1, -0.05) is 11.6 Å². The Morgan fingerprint density at radius 3 is 2.62 bits per heavy atom. The Morgan fingerprint density at radius 1 is 1.19 bits per heavy atom. The zero-order valence-electron chi connectivity index (χ0n) is 11.3. The summed E-state index contributed by atoms with van der Waals surface area (Å²) in [5.41, 5.74) is 3.04. The maximum Gasteiger partial charge on any atom is 0.257 e. The van der Waals surface area contributed by atoms with Crippen molar-refractivity contribution in [2.24, 2.45) is 0 Å². The van der Waals surface area contributed by atoms with E-state index in [0.29, 0.717) is 17.1 Å². The Kier molecular flexibility index (Phi) is 5.14. The van der Waals surface area contributed by atoms with Gasteiger partial charge in [-0.15, -0.1) is 0 Å². The quantitative estimate of drug-likeness (QED) is 0.500. The fraction of sp³-hybridized carbons (Fsp3) is 0.125. The summed E-state index contributed by atoms with van der Waals surface area (Å²) in [4.78, 5) is 13.5. The summed E-state index contributed by atoms with van der Waals surface area (Å²) in [6.07, 6.45) is 1.97. The highest BCUT2D eigenvalue weighted by Gasteiger charge is 2.20. The molecule has 2 nitrogen and oxygen atoms in total. The first-order valence-corrected chi connectivity index (χ1v) is 7.56. The lowest BCUT2D eigenvalue weighted by Crippen LogP contribution is -3.00.